The summed E-state index contributed by atoms with van der Waals surface area (Å²) in [4.78, 5) is 15.4. The molecule has 1 aromatic carbocycles. The number of rotatable bonds is 3. The second kappa shape index (κ2) is 5.18. The number of nitro groups is 1. The van der Waals surface area contributed by atoms with E-state index in [4.69, 9.17) is 5.73 Å². The number of hydrogen-bond donors (Lipinski definition) is 1. The maximum absolute atomic E-state index is 11.0. The molecule has 1 unspecified atom stereocenters. The lowest BCUT2D eigenvalue weighted by molar-refractivity contribution is -0.383. The summed E-state index contributed by atoms with van der Waals surface area (Å²) < 4.78 is 0. The highest BCUT2D eigenvalue weighted by molar-refractivity contribution is 5.66. The van der Waals surface area contributed by atoms with Crippen LogP contribution in [0.3, 0.4) is 0 Å². The third-order valence-corrected chi connectivity index (χ3v) is 4.98. The van der Waals surface area contributed by atoms with Gasteiger partial charge in [0, 0.05) is 36.8 Å². The summed E-state index contributed by atoms with van der Waals surface area (Å²) in [5.74, 6) is 0. The molecule has 2 heterocycles. The second-order valence-corrected chi connectivity index (χ2v) is 6.29. The van der Waals surface area contributed by atoms with Gasteiger partial charge in [0.05, 0.1) is 4.92 Å². The van der Waals surface area contributed by atoms with Gasteiger partial charge < -0.3 is 15.5 Å². The van der Waals surface area contributed by atoms with E-state index in [2.05, 4.69) is 16.7 Å². The Labute approximate surface area is 124 Å². The average Bonchev–Trinajstić information content (AvgIpc) is 3.07. The van der Waals surface area contributed by atoms with E-state index in [0.717, 1.165) is 31.9 Å². The van der Waals surface area contributed by atoms with Crippen molar-refractivity contribution < 1.29 is 4.92 Å². The minimum absolute atomic E-state index is 0.00931. The SMILES string of the molecule is CCN1CCC2(CCN(c3ccc(N)c([N+](=O)[O-])c3)C2)C1. The molecule has 0 saturated carbocycles. The summed E-state index contributed by atoms with van der Waals surface area (Å²) in [6.45, 7) is 7.59. The van der Waals surface area contributed by atoms with Gasteiger partial charge in [0.15, 0.2) is 0 Å². The summed E-state index contributed by atoms with van der Waals surface area (Å²) >= 11 is 0. The Bertz CT molecular complexity index is 563. The van der Waals surface area contributed by atoms with Crippen molar-refractivity contribution in [2.24, 2.45) is 5.41 Å². The van der Waals surface area contributed by atoms with Crippen LogP contribution in [-0.2, 0) is 0 Å². The number of nitro benzene ring substituents is 1. The fourth-order valence-corrected chi connectivity index (χ4v) is 3.67. The highest BCUT2D eigenvalue weighted by atomic mass is 16.6. The fourth-order valence-electron chi connectivity index (χ4n) is 3.67. The summed E-state index contributed by atoms with van der Waals surface area (Å²) in [6, 6.07) is 5.15. The first kappa shape index (κ1) is 14.1. The van der Waals surface area contributed by atoms with Gasteiger partial charge in [0.1, 0.15) is 5.69 Å². The Morgan fingerprint density at radius 2 is 2.10 bits per heavy atom. The second-order valence-electron chi connectivity index (χ2n) is 6.29. The normalized spacial score (nSPS) is 25.9. The van der Waals surface area contributed by atoms with Crippen LogP contribution in [0.5, 0.6) is 0 Å². The molecule has 2 aliphatic rings. The summed E-state index contributed by atoms with van der Waals surface area (Å²) in [7, 11) is 0. The third-order valence-electron chi connectivity index (χ3n) is 4.98. The summed E-state index contributed by atoms with van der Waals surface area (Å²) in [6.07, 6.45) is 2.40. The van der Waals surface area contributed by atoms with Crippen molar-refractivity contribution in [2.75, 3.05) is 43.4 Å². The average molecular weight is 290 g/mol. The van der Waals surface area contributed by atoms with Crippen LogP contribution >= 0.6 is 0 Å². The van der Waals surface area contributed by atoms with Crippen LogP contribution < -0.4 is 10.6 Å². The predicted octanol–water partition coefficient (Wildman–Crippen LogP) is 2.10. The third kappa shape index (κ3) is 2.55. The summed E-state index contributed by atoms with van der Waals surface area (Å²) in [5.41, 5.74) is 7.20. The molecule has 2 N–H and O–H groups in total. The Kier molecular flexibility index (Phi) is 3.49. The minimum atomic E-state index is -0.404. The Hall–Kier alpha value is -1.82. The zero-order valence-corrected chi connectivity index (χ0v) is 12.4. The van der Waals surface area contributed by atoms with Crippen LogP contribution in [0.15, 0.2) is 18.2 Å². The van der Waals surface area contributed by atoms with Crippen LogP contribution in [0.2, 0.25) is 0 Å². The van der Waals surface area contributed by atoms with Gasteiger partial charge in [-0.05, 0) is 38.1 Å². The van der Waals surface area contributed by atoms with Gasteiger partial charge in [-0.25, -0.2) is 0 Å². The summed E-state index contributed by atoms with van der Waals surface area (Å²) in [5, 5.41) is 11.0. The minimum Gasteiger partial charge on any atom is -0.393 e. The van der Waals surface area contributed by atoms with E-state index in [1.54, 1.807) is 12.1 Å². The molecular weight excluding hydrogens is 268 g/mol. The molecule has 6 nitrogen and oxygen atoms in total. The Morgan fingerprint density at radius 3 is 2.76 bits per heavy atom. The lowest BCUT2D eigenvalue weighted by Crippen LogP contribution is -2.30. The van der Waals surface area contributed by atoms with E-state index in [0.29, 0.717) is 5.41 Å². The van der Waals surface area contributed by atoms with Crippen molar-refractivity contribution in [2.45, 2.75) is 19.8 Å². The van der Waals surface area contributed by atoms with Gasteiger partial charge in [-0.15, -0.1) is 0 Å². The number of nitrogens with zero attached hydrogens (tertiary/aromatic N) is 3. The number of hydrogen-bond acceptors (Lipinski definition) is 5. The largest absolute Gasteiger partial charge is 0.393 e. The van der Waals surface area contributed by atoms with Crippen molar-refractivity contribution in [3.8, 4) is 0 Å². The van der Waals surface area contributed by atoms with Gasteiger partial charge in [-0.2, -0.15) is 0 Å². The van der Waals surface area contributed by atoms with E-state index in [-0.39, 0.29) is 11.4 Å². The van der Waals surface area contributed by atoms with Crippen molar-refractivity contribution >= 4 is 17.1 Å². The number of nitrogen functional groups attached to an aromatic ring is 1. The van der Waals surface area contributed by atoms with Crippen molar-refractivity contribution in [3.63, 3.8) is 0 Å². The van der Waals surface area contributed by atoms with Crippen LogP contribution in [-0.4, -0.2) is 42.5 Å². The smallest absolute Gasteiger partial charge is 0.294 e. The highest BCUT2D eigenvalue weighted by Crippen LogP contribution is 2.41. The Morgan fingerprint density at radius 1 is 1.33 bits per heavy atom. The van der Waals surface area contributed by atoms with E-state index in [9.17, 15) is 10.1 Å². The number of benzene rings is 1. The molecule has 1 atom stereocenters. The first-order valence-electron chi connectivity index (χ1n) is 7.54. The van der Waals surface area contributed by atoms with E-state index in [1.807, 2.05) is 6.07 Å². The molecular formula is C15H22N4O2. The van der Waals surface area contributed by atoms with Crippen LogP contribution in [0.4, 0.5) is 17.1 Å². The molecule has 0 radical (unpaired) electrons. The topological polar surface area (TPSA) is 75.6 Å². The van der Waals surface area contributed by atoms with Crippen LogP contribution in [0.25, 0.3) is 0 Å². The lowest BCUT2D eigenvalue weighted by atomic mass is 9.86. The molecule has 2 aliphatic heterocycles. The van der Waals surface area contributed by atoms with Crippen molar-refractivity contribution in [1.29, 1.82) is 0 Å². The molecule has 0 amide bonds. The van der Waals surface area contributed by atoms with E-state index in [1.165, 1.54) is 19.4 Å². The van der Waals surface area contributed by atoms with Crippen molar-refractivity contribution in [3.05, 3.63) is 28.3 Å². The van der Waals surface area contributed by atoms with E-state index < -0.39 is 4.92 Å². The van der Waals surface area contributed by atoms with Gasteiger partial charge in [0.2, 0.25) is 0 Å². The number of nitrogens with two attached hydrogens (primary N) is 1. The van der Waals surface area contributed by atoms with Crippen molar-refractivity contribution in [1.82, 2.24) is 4.90 Å². The monoisotopic (exact) mass is 290 g/mol. The van der Waals surface area contributed by atoms with Gasteiger partial charge in [0.25, 0.3) is 5.69 Å². The van der Waals surface area contributed by atoms with Crippen LogP contribution in [0.1, 0.15) is 19.8 Å². The maximum atomic E-state index is 11.0. The fraction of sp³-hybridized carbons (Fsp3) is 0.600. The van der Waals surface area contributed by atoms with Crippen LogP contribution in [0, 0.1) is 15.5 Å². The lowest BCUT2D eigenvalue weighted by Gasteiger charge is -2.25. The predicted molar refractivity (Wildman–Crippen MR) is 83.5 cm³/mol. The first-order chi connectivity index (χ1) is 10.0. The molecule has 0 bridgehead atoms. The molecule has 1 aromatic rings. The zero-order chi connectivity index (χ0) is 15.0. The number of likely N-dealkylation sites (tertiary alicyclic amines) is 1. The molecule has 0 aliphatic carbocycles. The standard InChI is InChI=1S/C15H22N4O2/c1-2-17-7-5-15(10-17)6-8-18(11-15)12-3-4-13(16)14(9-12)19(20)21/h3-4,9H,2,5-8,10-11,16H2,1H3. The van der Waals surface area contributed by atoms with Gasteiger partial charge >= 0.3 is 0 Å². The Balaban J connectivity index is 1.78. The highest BCUT2D eigenvalue weighted by Gasteiger charge is 2.43. The molecule has 2 saturated heterocycles. The van der Waals surface area contributed by atoms with Gasteiger partial charge in [-0.3, -0.25) is 10.1 Å². The van der Waals surface area contributed by atoms with E-state index >= 15 is 0 Å². The molecule has 114 valence electrons. The van der Waals surface area contributed by atoms with Gasteiger partial charge in [-0.1, -0.05) is 6.92 Å². The molecule has 3 rings (SSSR count). The molecule has 21 heavy (non-hydrogen) atoms. The molecule has 0 aromatic heterocycles. The quantitative estimate of drug-likeness (QED) is 0.524. The molecule has 6 heteroatoms. The first-order valence-corrected chi connectivity index (χ1v) is 7.54. The molecule has 1 spiro atoms. The molecule has 2 fully saturated rings. The number of anilines is 2. The zero-order valence-electron chi connectivity index (χ0n) is 12.4. The maximum Gasteiger partial charge on any atom is 0.294 e.